The number of nitrogens with one attached hydrogen (secondary N) is 1. The van der Waals surface area contributed by atoms with Gasteiger partial charge in [-0.1, -0.05) is 59.2 Å². The van der Waals surface area contributed by atoms with Gasteiger partial charge >= 0.3 is 0 Å². The van der Waals surface area contributed by atoms with E-state index in [0.717, 1.165) is 11.1 Å². The van der Waals surface area contributed by atoms with Gasteiger partial charge < -0.3 is 15.6 Å². The molecule has 1 amide bonds. The molecule has 0 radical (unpaired) electrons. The van der Waals surface area contributed by atoms with Crippen LogP contribution in [0.5, 0.6) is 0 Å². The van der Waals surface area contributed by atoms with Crippen LogP contribution in [0.1, 0.15) is 21.7 Å². The van der Waals surface area contributed by atoms with Crippen molar-refractivity contribution in [3.8, 4) is 11.3 Å². The molecule has 1 aromatic heterocycles. The quantitative estimate of drug-likeness (QED) is 0.747. The lowest BCUT2D eigenvalue weighted by atomic mass is 10.0. The summed E-state index contributed by atoms with van der Waals surface area (Å²) in [6.07, 6.45) is 1.60. The molecule has 126 valence electrons. The third-order valence-corrected chi connectivity index (χ3v) is 3.94. The second kappa shape index (κ2) is 7.23. The van der Waals surface area contributed by atoms with Crippen LogP contribution in [-0.4, -0.2) is 18.1 Å². The molecule has 0 unspecified atom stereocenters. The number of rotatable bonds is 4. The Kier molecular flexibility index (Phi) is 4.86. The average Bonchev–Trinajstić information content (AvgIpc) is 3.06. The summed E-state index contributed by atoms with van der Waals surface area (Å²) in [6, 6.07) is 16.4. The zero-order valence-corrected chi connectivity index (χ0v) is 14.2. The first-order valence-electron chi connectivity index (χ1n) is 7.60. The van der Waals surface area contributed by atoms with E-state index >= 15 is 0 Å². The summed E-state index contributed by atoms with van der Waals surface area (Å²) in [4.78, 5) is 12.4. The Morgan fingerprint density at radius 1 is 1.16 bits per heavy atom. The normalized spacial score (nSPS) is 11.4. The van der Waals surface area contributed by atoms with Crippen molar-refractivity contribution in [3.05, 3.63) is 76.5 Å². The molecule has 0 bridgehead atoms. The number of carbonyl (C=O) groups is 1. The molecule has 0 atom stereocenters. The Morgan fingerprint density at radius 3 is 2.48 bits per heavy atom. The first-order chi connectivity index (χ1) is 12.1. The number of aromatic nitrogens is 1. The van der Waals surface area contributed by atoms with Gasteiger partial charge in [0.15, 0.2) is 5.76 Å². The Labute approximate surface area is 150 Å². The fraction of sp³-hybridized carbons (Fsp3) is 0.0526. The first-order valence-corrected chi connectivity index (χ1v) is 7.98. The van der Waals surface area contributed by atoms with Crippen LogP contribution in [0.25, 0.3) is 23.0 Å². The van der Waals surface area contributed by atoms with Gasteiger partial charge in [-0.15, -0.1) is 0 Å². The first kappa shape index (κ1) is 16.8. The van der Waals surface area contributed by atoms with Gasteiger partial charge in [0.25, 0.3) is 5.91 Å². The van der Waals surface area contributed by atoms with E-state index in [1.165, 1.54) is 0 Å². The lowest BCUT2D eigenvalue weighted by molar-refractivity contribution is 0.0963. The Hall–Kier alpha value is -3.05. The van der Waals surface area contributed by atoms with Gasteiger partial charge in [0.1, 0.15) is 11.3 Å². The Balaban J connectivity index is 2.09. The fourth-order valence-electron chi connectivity index (χ4n) is 2.41. The minimum Gasteiger partial charge on any atom is -0.398 e. The maximum absolute atomic E-state index is 12.4. The molecule has 0 saturated heterocycles. The van der Waals surface area contributed by atoms with Crippen molar-refractivity contribution in [2.24, 2.45) is 5.73 Å². The molecule has 3 rings (SSSR count). The van der Waals surface area contributed by atoms with Gasteiger partial charge in [0.05, 0.1) is 0 Å². The number of hydrogen-bond acceptors (Lipinski definition) is 4. The van der Waals surface area contributed by atoms with Gasteiger partial charge in [0.2, 0.25) is 0 Å². The number of carbonyl (C=O) groups excluding carboxylic acids is 1. The Morgan fingerprint density at radius 2 is 1.84 bits per heavy atom. The minimum atomic E-state index is -0.307. The van der Waals surface area contributed by atoms with Crippen LogP contribution in [0.2, 0.25) is 5.02 Å². The van der Waals surface area contributed by atoms with Crippen LogP contribution in [0, 0.1) is 0 Å². The van der Waals surface area contributed by atoms with Crippen molar-refractivity contribution in [3.63, 3.8) is 0 Å². The zero-order valence-electron chi connectivity index (χ0n) is 13.5. The van der Waals surface area contributed by atoms with Crippen molar-refractivity contribution in [1.82, 2.24) is 10.5 Å². The summed E-state index contributed by atoms with van der Waals surface area (Å²) in [5.41, 5.74) is 8.92. The smallest absolute Gasteiger partial charge is 0.257 e. The van der Waals surface area contributed by atoms with E-state index in [-0.39, 0.29) is 5.91 Å². The molecule has 0 aliphatic heterocycles. The number of benzene rings is 2. The Bertz CT molecular complexity index is 916. The van der Waals surface area contributed by atoms with Crippen LogP contribution in [0.4, 0.5) is 0 Å². The highest BCUT2D eigenvalue weighted by molar-refractivity contribution is 6.30. The van der Waals surface area contributed by atoms with E-state index < -0.39 is 0 Å². The lowest BCUT2D eigenvalue weighted by Gasteiger charge is -2.03. The topological polar surface area (TPSA) is 81.2 Å². The molecular weight excluding hydrogens is 338 g/mol. The third-order valence-electron chi connectivity index (χ3n) is 3.68. The van der Waals surface area contributed by atoms with Crippen LogP contribution in [0.3, 0.4) is 0 Å². The zero-order chi connectivity index (χ0) is 17.8. The number of amides is 1. The molecule has 25 heavy (non-hydrogen) atoms. The third kappa shape index (κ3) is 3.56. The molecule has 0 fully saturated rings. The monoisotopic (exact) mass is 353 g/mol. The molecule has 3 aromatic rings. The highest BCUT2D eigenvalue weighted by atomic mass is 35.5. The predicted octanol–water partition coefficient (Wildman–Crippen LogP) is 3.81. The highest BCUT2D eigenvalue weighted by Crippen LogP contribution is 2.28. The summed E-state index contributed by atoms with van der Waals surface area (Å²) in [5.74, 6) is -0.0102. The molecule has 6 heteroatoms. The molecule has 0 saturated carbocycles. The molecular formula is C19H16ClN3O2. The number of nitrogens with two attached hydrogens (primary N) is 1. The van der Waals surface area contributed by atoms with Crippen LogP contribution >= 0.6 is 11.6 Å². The van der Waals surface area contributed by atoms with E-state index in [1.807, 2.05) is 30.3 Å². The van der Waals surface area contributed by atoms with Crippen LogP contribution in [0.15, 0.2) is 59.1 Å². The number of hydrogen-bond donors (Lipinski definition) is 2. The van der Waals surface area contributed by atoms with Gasteiger partial charge in [-0.25, -0.2) is 0 Å². The van der Waals surface area contributed by atoms with Crippen molar-refractivity contribution in [2.45, 2.75) is 0 Å². The minimum absolute atomic E-state index is 0.297. The maximum atomic E-state index is 12.4. The summed E-state index contributed by atoms with van der Waals surface area (Å²) < 4.78 is 5.40. The van der Waals surface area contributed by atoms with Crippen molar-refractivity contribution in [2.75, 3.05) is 7.05 Å². The van der Waals surface area contributed by atoms with E-state index in [4.69, 9.17) is 21.9 Å². The summed E-state index contributed by atoms with van der Waals surface area (Å²) in [6.45, 7) is 0. The van der Waals surface area contributed by atoms with Crippen molar-refractivity contribution < 1.29 is 9.32 Å². The standard InChI is InChI=1S/C19H16ClN3O2/c1-22-19(24)17-16(11-15(21)12-5-3-2-4-6-12)25-23-18(17)13-7-9-14(20)10-8-13/h2-11H,21H2,1H3,(H,22,24). The van der Waals surface area contributed by atoms with E-state index in [0.29, 0.717) is 27.7 Å². The van der Waals surface area contributed by atoms with Crippen LogP contribution < -0.4 is 11.1 Å². The number of nitrogens with zero attached hydrogens (tertiary/aromatic N) is 1. The fourth-order valence-corrected chi connectivity index (χ4v) is 2.53. The lowest BCUT2D eigenvalue weighted by Crippen LogP contribution is -2.19. The van der Waals surface area contributed by atoms with Gasteiger partial charge in [-0.05, 0) is 17.7 Å². The number of halogens is 1. The molecule has 0 spiro atoms. The summed E-state index contributed by atoms with van der Waals surface area (Å²) >= 11 is 5.92. The van der Waals surface area contributed by atoms with E-state index in [9.17, 15) is 4.79 Å². The maximum Gasteiger partial charge on any atom is 0.257 e. The highest BCUT2D eigenvalue weighted by Gasteiger charge is 2.22. The SMILES string of the molecule is CNC(=O)c1c(-c2ccc(Cl)cc2)noc1C=C(N)c1ccccc1. The second-order valence-electron chi connectivity index (χ2n) is 5.32. The second-order valence-corrected chi connectivity index (χ2v) is 5.76. The molecule has 3 N–H and O–H groups in total. The summed E-state index contributed by atoms with van der Waals surface area (Å²) in [7, 11) is 1.55. The molecule has 0 aliphatic carbocycles. The van der Waals surface area contributed by atoms with E-state index in [1.54, 1.807) is 37.4 Å². The molecule has 1 heterocycles. The van der Waals surface area contributed by atoms with Crippen molar-refractivity contribution in [1.29, 1.82) is 0 Å². The molecule has 5 nitrogen and oxygen atoms in total. The van der Waals surface area contributed by atoms with Gasteiger partial charge in [-0.2, -0.15) is 0 Å². The largest absolute Gasteiger partial charge is 0.398 e. The van der Waals surface area contributed by atoms with E-state index in [2.05, 4.69) is 10.5 Å². The molecule has 2 aromatic carbocycles. The predicted molar refractivity (Wildman–Crippen MR) is 98.8 cm³/mol. The van der Waals surface area contributed by atoms with Gasteiger partial charge in [-0.3, -0.25) is 4.79 Å². The summed E-state index contributed by atoms with van der Waals surface area (Å²) in [5, 5.41) is 7.26. The van der Waals surface area contributed by atoms with Gasteiger partial charge in [0, 0.05) is 29.4 Å². The van der Waals surface area contributed by atoms with Crippen molar-refractivity contribution >= 4 is 29.3 Å². The van der Waals surface area contributed by atoms with Crippen LogP contribution in [-0.2, 0) is 0 Å². The molecule has 0 aliphatic rings. The average molecular weight is 354 g/mol.